The minimum absolute atomic E-state index is 0.0369. The van der Waals surface area contributed by atoms with Gasteiger partial charge in [-0.15, -0.1) is 0 Å². The van der Waals surface area contributed by atoms with E-state index in [2.05, 4.69) is 5.32 Å². The number of methoxy groups -OCH3 is 1. The number of hydrogen-bond acceptors (Lipinski definition) is 5. The first kappa shape index (κ1) is 18.7. The number of nitrogens with zero attached hydrogens (tertiary/aromatic N) is 1. The Bertz CT molecular complexity index is 1210. The first-order chi connectivity index (χ1) is 13.9. The van der Waals surface area contributed by atoms with Crippen molar-refractivity contribution >= 4 is 33.2 Å². The lowest BCUT2D eigenvalue weighted by molar-refractivity contribution is 0.100. The molecule has 0 spiro atoms. The molecule has 4 rings (SSSR count). The van der Waals surface area contributed by atoms with Crippen molar-refractivity contribution in [3.8, 4) is 5.75 Å². The molecule has 1 N–H and O–H groups in total. The number of hydrogen-bond donors (Lipinski definition) is 1. The fourth-order valence-corrected chi connectivity index (χ4v) is 4.69. The minimum Gasteiger partial charge on any atom is -0.497 e. The maximum absolute atomic E-state index is 13.0. The average Bonchev–Trinajstić information content (AvgIpc) is 2.94. The van der Waals surface area contributed by atoms with E-state index in [1.54, 1.807) is 61.7 Å². The second-order valence-electron chi connectivity index (χ2n) is 6.30. The Morgan fingerprint density at radius 2 is 1.66 bits per heavy atom. The fourth-order valence-electron chi connectivity index (χ4n) is 3.07. The van der Waals surface area contributed by atoms with Gasteiger partial charge in [-0.1, -0.05) is 18.2 Å². The number of carbonyl (C=O) groups excluding carboxylic acids is 2. The summed E-state index contributed by atoms with van der Waals surface area (Å²) in [6, 6.07) is 18.8. The van der Waals surface area contributed by atoms with Crippen LogP contribution in [0.3, 0.4) is 0 Å². The molecule has 8 heteroatoms. The van der Waals surface area contributed by atoms with Crippen LogP contribution in [0, 0.1) is 0 Å². The third-order valence-electron chi connectivity index (χ3n) is 4.52. The highest BCUT2D eigenvalue weighted by Gasteiger charge is 2.42. The number of ether oxygens (including phenoxy) is 1. The molecule has 2 amide bonds. The van der Waals surface area contributed by atoms with Gasteiger partial charge >= 0.3 is 0 Å². The molecular formula is C21H16N2O5S. The van der Waals surface area contributed by atoms with Crippen molar-refractivity contribution in [3.63, 3.8) is 0 Å². The smallest absolute Gasteiger partial charge is 0.273 e. The van der Waals surface area contributed by atoms with Gasteiger partial charge in [0, 0.05) is 11.3 Å². The molecule has 146 valence electrons. The van der Waals surface area contributed by atoms with E-state index in [0.717, 1.165) is 4.31 Å². The van der Waals surface area contributed by atoms with E-state index in [0.29, 0.717) is 11.4 Å². The zero-order valence-corrected chi connectivity index (χ0v) is 16.1. The Hall–Kier alpha value is -3.65. The van der Waals surface area contributed by atoms with Crippen LogP contribution < -0.4 is 14.4 Å². The summed E-state index contributed by atoms with van der Waals surface area (Å²) in [5, 5.41) is 2.69. The van der Waals surface area contributed by atoms with Crippen molar-refractivity contribution in [1.82, 2.24) is 0 Å². The minimum atomic E-state index is -4.10. The zero-order chi connectivity index (χ0) is 20.6. The predicted molar refractivity (Wildman–Crippen MR) is 108 cm³/mol. The third kappa shape index (κ3) is 3.23. The normalized spacial score (nSPS) is 14.4. The highest BCUT2D eigenvalue weighted by atomic mass is 32.2. The van der Waals surface area contributed by atoms with Crippen LogP contribution in [0.2, 0.25) is 0 Å². The number of anilines is 2. The lowest BCUT2D eigenvalue weighted by Crippen LogP contribution is -2.29. The molecule has 0 aromatic heterocycles. The molecular weight excluding hydrogens is 392 g/mol. The Morgan fingerprint density at radius 1 is 0.966 bits per heavy atom. The number of amides is 2. The van der Waals surface area contributed by atoms with Crippen LogP contribution in [0.25, 0.3) is 0 Å². The number of fused-ring (bicyclic) bond motifs is 1. The summed E-state index contributed by atoms with van der Waals surface area (Å²) in [4.78, 5) is 25.1. The van der Waals surface area contributed by atoms with Gasteiger partial charge in [0.15, 0.2) is 0 Å². The molecule has 0 aliphatic carbocycles. The van der Waals surface area contributed by atoms with Gasteiger partial charge in [0.05, 0.1) is 18.4 Å². The number of carbonyl (C=O) groups is 2. The Labute approximate surface area is 167 Å². The van der Waals surface area contributed by atoms with Gasteiger partial charge < -0.3 is 10.1 Å². The van der Waals surface area contributed by atoms with Crippen molar-refractivity contribution in [2.45, 2.75) is 4.90 Å². The topological polar surface area (TPSA) is 92.8 Å². The molecule has 0 unspecified atom stereocenters. The van der Waals surface area contributed by atoms with E-state index in [1.807, 2.05) is 0 Å². The van der Waals surface area contributed by atoms with Crippen LogP contribution in [0.15, 0.2) is 77.7 Å². The SMILES string of the molecule is COc1ccc(NC(=O)c2ccc3c(c2)S(=O)(=O)N(c2ccccc2)C3=O)cc1. The van der Waals surface area contributed by atoms with Crippen molar-refractivity contribution < 1.29 is 22.7 Å². The van der Waals surface area contributed by atoms with Crippen LogP contribution in [0.5, 0.6) is 5.75 Å². The van der Waals surface area contributed by atoms with Gasteiger partial charge in [0.1, 0.15) is 10.6 Å². The van der Waals surface area contributed by atoms with E-state index in [4.69, 9.17) is 4.74 Å². The zero-order valence-electron chi connectivity index (χ0n) is 15.3. The lowest BCUT2D eigenvalue weighted by atomic mass is 10.1. The molecule has 0 atom stereocenters. The van der Waals surface area contributed by atoms with Crippen LogP contribution in [-0.4, -0.2) is 27.3 Å². The Balaban J connectivity index is 1.66. The molecule has 1 heterocycles. The largest absolute Gasteiger partial charge is 0.497 e. The second kappa shape index (κ2) is 7.06. The summed E-state index contributed by atoms with van der Waals surface area (Å²) < 4.78 is 31.7. The van der Waals surface area contributed by atoms with E-state index >= 15 is 0 Å². The van der Waals surface area contributed by atoms with Crippen LogP contribution in [0.1, 0.15) is 20.7 Å². The van der Waals surface area contributed by atoms with Crippen LogP contribution in [-0.2, 0) is 10.0 Å². The number of nitrogens with one attached hydrogen (secondary N) is 1. The molecule has 0 saturated carbocycles. The summed E-state index contributed by atoms with van der Waals surface area (Å²) in [5.41, 5.74) is 0.944. The molecule has 7 nitrogen and oxygen atoms in total. The van der Waals surface area contributed by atoms with E-state index in [1.165, 1.54) is 18.2 Å². The van der Waals surface area contributed by atoms with Gasteiger partial charge in [-0.3, -0.25) is 9.59 Å². The first-order valence-corrected chi connectivity index (χ1v) is 10.1. The molecule has 1 aliphatic heterocycles. The molecule has 1 aliphatic rings. The van der Waals surface area contributed by atoms with E-state index < -0.39 is 21.8 Å². The number of benzene rings is 3. The molecule has 3 aromatic rings. The summed E-state index contributed by atoms with van der Waals surface area (Å²) in [6.45, 7) is 0. The summed E-state index contributed by atoms with van der Waals surface area (Å²) in [7, 11) is -2.56. The fraction of sp³-hybridized carbons (Fsp3) is 0.0476. The predicted octanol–water partition coefficient (Wildman–Crippen LogP) is 3.30. The number of sulfonamides is 1. The molecule has 0 bridgehead atoms. The quantitative estimate of drug-likeness (QED) is 0.715. The standard InChI is InChI=1S/C21H16N2O5S/c1-28-17-10-8-15(9-11-17)22-20(24)14-7-12-18-19(13-14)29(26,27)23(21(18)25)16-5-3-2-4-6-16/h2-13H,1H3,(H,22,24). The van der Waals surface area contributed by atoms with Crippen molar-refractivity contribution in [2.75, 3.05) is 16.7 Å². The van der Waals surface area contributed by atoms with E-state index in [-0.39, 0.29) is 21.7 Å². The van der Waals surface area contributed by atoms with Crippen molar-refractivity contribution in [3.05, 3.63) is 83.9 Å². The van der Waals surface area contributed by atoms with Gasteiger partial charge in [0.25, 0.3) is 21.8 Å². The van der Waals surface area contributed by atoms with E-state index in [9.17, 15) is 18.0 Å². The van der Waals surface area contributed by atoms with Crippen LogP contribution in [0.4, 0.5) is 11.4 Å². The highest BCUT2D eigenvalue weighted by molar-refractivity contribution is 7.94. The molecule has 0 saturated heterocycles. The van der Waals surface area contributed by atoms with Crippen molar-refractivity contribution in [2.24, 2.45) is 0 Å². The van der Waals surface area contributed by atoms with Gasteiger partial charge in [-0.25, -0.2) is 8.42 Å². The van der Waals surface area contributed by atoms with Gasteiger partial charge in [-0.2, -0.15) is 4.31 Å². The average molecular weight is 408 g/mol. The molecule has 0 fully saturated rings. The number of rotatable bonds is 4. The number of para-hydroxylation sites is 1. The summed E-state index contributed by atoms with van der Waals surface area (Å²) in [6.07, 6.45) is 0. The Morgan fingerprint density at radius 3 is 2.31 bits per heavy atom. The molecule has 3 aromatic carbocycles. The summed E-state index contributed by atoms with van der Waals surface area (Å²) in [5.74, 6) is -0.488. The highest BCUT2D eigenvalue weighted by Crippen LogP contribution is 2.35. The Kier molecular flexibility index (Phi) is 4.56. The van der Waals surface area contributed by atoms with Crippen LogP contribution >= 0.6 is 0 Å². The summed E-state index contributed by atoms with van der Waals surface area (Å²) >= 11 is 0. The maximum atomic E-state index is 13.0. The van der Waals surface area contributed by atoms with Gasteiger partial charge in [0.2, 0.25) is 0 Å². The third-order valence-corrected chi connectivity index (χ3v) is 6.27. The van der Waals surface area contributed by atoms with Crippen molar-refractivity contribution in [1.29, 1.82) is 0 Å². The molecule has 29 heavy (non-hydrogen) atoms. The maximum Gasteiger partial charge on any atom is 0.273 e. The van der Waals surface area contributed by atoms with Gasteiger partial charge in [-0.05, 0) is 54.6 Å². The first-order valence-electron chi connectivity index (χ1n) is 8.66. The monoisotopic (exact) mass is 408 g/mol. The molecule has 0 radical (unpaired) electrons. The second-order valence-corrected chi connectivity index (χ2v) is 8.06. The lowest BCUT2D eigenvalue weighted by Gasteiger charge is -2.14.